The molecule has 2 amide bonds. The summed E-state index contributed by atoms with van der Waals surface area (Å²) in [6, 6.07) is 22.6. The highest BCUT2D eigenvalue weighted by molar-refractivity contribution is 9.10. The van der Waals surface area contributed by atoms with Crippen LogP contribution in [-0.2, 0) is 32.6 Å². The highest BCUT2D eigenvalue weighted by Gasteiger charge is 2.34. The second kappa shape index (κ2) is 14.3. The van der Waals surface area contributed by atoms with Crippen LogP contribution in [0.5, 0.6) is 0 Å². The van der Waals surface area contributed by atoms with Gasteiger partial charge in [-0.15, -0.1) is 0 Å². The molecule has 0 radical (unpaired) electrons. The highest BCUT2D eigenvalue weighted by atomic mass is 79.9. The summed E-state index contributed by atoms with van der Waals surface area (Å²) in [6.45, 7) is -0.341. The van der Waals surface area contributed by atoms with Crippen LogP contribution >= 0.6 is 27.5 Å². The summed E-state index contributed by atoms with van der Waals surface area (Å²) in [7, 11) is -3.82. The fourth-order valence-electron chi connectivity index (χ4n) is 5.13. The molecule has 0 bridgehead atoms. The molecule has 1 atom stereocenters. The van der Waals surface area contributed by atoms with E-state index in [2.05, 4.69) is 21.2 Å². The topological polar surface area (TPSA) is 86.8 Å². The Morgan fingerprint density at radius 1 is 0.951 bits per heavy atom. The Kier molecular flexibility index (Phi) is 10.9. The first kappa shape index (κ1) is 31.1. The predicted molar refractivity (Wildman–Crippen MR) is 167 cm³/mol. The molecule has 1 saturated carbocycles. The minimum absolute atomic E-state index is 0.0520. The van der Waals surface area contributed by atoms with Crippen molar-refractivity contribution in [3.8, 4) is 0 Å². The Labute approximate surface area is 256 Å². The zero-order valence-corrected chi connectivity index (χ0v) is 26.2. The zero-order chi connectivity index (χ0) is 29.4. The fourth-order valence-corrected chi connectivity index (χ4v) is 6.48. The minimum Gasteiger partial charge on any atom is -0.352 e. The van der Waals surface area contributed by atoms with Crippen molar-refractivity contribution in [2.45, 2.75) is 57.2 Å². The van der Waals surface area contributed by atoms with Crippen LogP contribution in [-0.4, -0.2) is 50.0 Å². The van der Waals surface area contributed by atoms with Crippen molar-refractivity contribution in [3.05, 3.63) is 99.5 Å². The van der Waals surface area contributed by atoms with Crippen molar-refractivity contribution in [2.75, 3.05) is 17.1 Å². The van der Waals surface area contributed by atoms with Crippen LogP contribution in [0, 0.1) is 0 Å². The monoisotopic (exact) mass is 659 g/mol. The smallest absolute Gasteiger partial charge is 0.244 e. The number of halogens is 2. The number of nitrogens with zero attached hydrogens (tertiary/aromatic N) is 2. The van der Waals surface area contributed by atoms with E-state index in [1.165, 1.54) is 4.90 Å². The molecule has 10 heteroatoms. The van der Waals surface area contributed by atoms with Gasteiger partial charge >= 0.3 is 0 Å². The maximum absolute atomic E-state index is 14.2. The van der Waals surface area contributed by atoms with Gasteiger partial charge in [-0.25, -0.2) is 8.42 Å². The normalized spacial score (nSPS) is 14.7. The van der Waals surface area contributed by atoms with E-state index in [1.54, 1.807) is 36.4 Å². The molecular weight excluding hydrogens is 626 g/mol. The minimum atomic E-state index is -3.82. The third-order valence-corrected chi connectivity index (χ3v) is 9.15. The summed E-state index contributed by atoms with van der Waals surface area (Å²) in [6.07, 6.45) is 6.42. The van der Waals surface area contributed by atoms with E-state index in [1.807, 2.05) is 42.5 Å². The van der Waals surface area contributed by atoms with Gasteiger partial charge in [-0.2, -0.15) is 0 Å². The van der Waals surface area contributed by atoms with Gasteiger partial charge in [-0.3, -0.25) is 13.9 Å². The van der Waals surface area contributed by atoms with Gasteiger partial charge < -0.3 is 10.2 Å². The highest BCUT2D eigenvalue weighted by Crippen LogP contribution is 2.24. The van der Waals surface area contributed by atoms with Crippen molar-refractivity contribution in [2.24, 2.45) is 0 Å². The van der Waals surface area contributed by atoms with Gasteiger partial charge in [-0.1, -0.05) is 95.3 Å². The van der Waals surface area contributed by atoms with Crippen molar-refractivity contribution in [1.82, 2.24) is 10.2 Å². The average molecular weight is 661 g/mol. The van der Waals surface area contributed by atoms with Crippen LogP contribution < -0.4 is 9.62 Å². The molecule has 1 N–H and O–H groups in total. The molecule has 0 aromatic heterocycles. The van der Waals surface area contributed by atoms with Gasteiger partial charge in [0.1, 0.15) is 12.6 Å². The van der Waals surface area contributed by atoms with Gasteiger partial charge in [0.15, 0.2) is 0 Å². The summed E-state index contributed by atoms with van der Waals surface area (Å²) in [5, 5.41) is 3.76. The van der Waals surface area contributed by atoms with Crippen LogP contribution in [0.1, 0.15) is 43.2 Å². The van der Waals surface area contributed by atoms with E-state index < -0.39 is 28.5 Å². The molecule has 0 heterocycles. The number of anilines is 1. The maximum atomic E-state index is 14.2. The van der Waals surface area contributed by atoms with Crippen LogP contribution in [0.25, 0.3) is 0 Å². The van der Waals surface area contributed by atoms with E-state index in [0.29, 0.717) is 15.2 Å². The lowest BCUT2D eigenvalue weighted by molar-refractivity contribution is -0.140. The SMILES string of the molecule is CS(=O)(=O)N(CC(=O)N(Cc1ccc(Cl)cc1)C(Cc1ccccc1)C(=O)NC1CCCCC1)c1cccc(Br)c1. The second-order valence-corrected chi connectivity index (χ2v) is 13.7. The van der Waals surface area contributed by atoms with Crippen molar-refractivity contribution in [1.29, 1.82) is 0 Å². The second-order valence-electron chi connectivity index (χ2n) is 10.4. The molecular formula is C31H35BrClN3O4S. The standard InChI is InChI=1S/C31H35BrClN3O4S/c1-41(39,40)36(28-14-8-11-25(32)20-28)22-30(37)35(21-24-15-17-26(33)18-16-24)29(19-23-9-4-2-5-10-23)31(38)34-27-12-6-3-7-13-27/h2,4-5,8-11,14-18,20,27,29H,3,6-7,12-13,19,21-22H2,1H3,(H,34,38). The van der Waals surface area contributed by atoms with Gasteiger partial charge in [-0.05, 0) is 54.3 Å². The Morgan fingerprint density at radius 2 is 1.63 bits per heavy atom. The summed E-state index contributed by atoms with van der Waals surface area (Å²) in [5.41, 5.74) is 2.03. The van der Waals surface area contributed by atoms with Crippen LogP contribution in [0.15, 0.2) is 83.3 Å². The summed E-state index contributed by atoms with van der Waals surface area (Å²) >= 11 is 9.51. The molecule has 41 heavy (non-hydrogen) atoms. The van der Waals surface area contributed by atoms with E-state index in [-0.39, 0.29) is 24.9 Å². The molecule has 1 aliphatic carbocycles. The first-order valence-electron chi connectivity index (χ1n) is 13.7. The molecule has 218 valence electrons. The quantitative estimate of drug-likeness (QED) is 0.275. The molecule has 3 aromatic carbocycles. The maximum Gasteiger partial charge on any atom is 0.244 e. The van der Waals surface area contributed by atoms with Crippen molar-refractivity contribution in [3.63, 3.8) is 0 Å². The first-order chi connectivity index (χ1) is 19.6. The third-order valence-electron chi connectivity index (χ3n) is 7.26. The molecule has 1 aliphatic rings. The molecule has 0 saturated heterocycles. The number of rotatable bonds is 11. The van der Waals surface area contributed by atoms with Gasteiger partial charge in [0.05, 0.1) is 11.9 Å². The lowest BCUT2D eigenvalue weighted by Crippen LogP contribution is -2.55. The van der Waals surface area contributed by atoms with Crippen molar-refractivity contribution < 1.29 is 18.0 Å². The van der Waals surface area contributed by atoms with Crippen LogP contribution in [0.3, 0.4) is 0 Å². The molecule has 0 spiro atoms. The molecule has 7 nitrogen and oxygen atoms in total. The number of carbonyl (C=O) groups is 2. The number of sulfonamides is 1. The predicted octanol–water partition coefficient (Wildman–Crippen LogP) is 5.96. The third kappa shape index (κ3) is 9.05. The number of carbonyl (C=O) groups excluding carboxylic acids is 2. The van der Waals surface area contributed by atoms with Crippen molar-refractivity contribution >= 4 is 55.1 Å². The molecule has 1 fully saturated rings. The van der Waals surface area contributed by atoms with E-state index in [9.17, 15) is 18.0 Å². The van der Waals surface area contributed by atoms with E-state index >= 15 is 0 Å². The van der Waals surface area contributed by atoms with Gasteiger partial charge in [0.2, 0.25) is 21.8 Å². The largest absolute Gasteiger partial charge is 0.352 e. The summed E-state index contributed by atoms with van der Waals surface area (Å²) in [4.78, 5) is 29.6. The number of amides is 2. The number of hydrogen-bond acceptors (Lipinski definition) is 4. The van der Waals surface area contributed by atoms with E-state index in [4.69, 9.17) is 11.6 Å². The fraction of sp³-hybridized carbons (Fsp3) is 0.355. The number of nitrogens with one attached hydrogen (secondary N) is 1. The average Bonchev–Trinajstić information content (AvgIpc) is 2.95. The van der Waals surface area contributed by atoms with E-state index in [0.717, 1.165) is 53.8 Å². The lowest BCUT2D eigenvalue weighted by atomic mass is 9.94. The molecule has 0 aliphatic heterocycles. The molecule has 4 rings (SSSR count). The number of benzene rings is 3. The zero-order valence-electron chi connectivity index (χ0n) is 23.0. The van der Waals surface area contributed by atoms with Gasteiger partial charge in [0.25, 0.3) is 0 Å². The lowest BCUT2D eigenvalue weighted by Gasteiger charge is -2.35. The first-order valence-corrected chi connectivity index (χ1v) is 16.7. The molecule has 1 unspecified atom stereocenters. The Balaban J connectivity index is 1.71. The Morgan fingerprint density at radius 3 is 2.27 bits per heavy atom. The number of hydrogen-bond donors (Lipinski definition) is 1. The molecule has 3 aromatic rings. The Hall–Kier alpha value is -2.88. The van der Waals surface area contributed by atoms with Crippen LogP contribution in [0.2, 0.25) is 5.02 Å². The van der Waals surface area contributed by atoms with Gasteiger partial charge in [0, 0.05) is 28.5 Å². The summed E-state index contributed by atoms with van der Waals surface area (Å²) in [5.74, 6) is -0.721. The Bertz CT molecular complexity index is 1430. The van der Waals surface area contributed by atoms with Crippen LogP contribution in [0.4, 0.5) is 5.69 Å². The summed E-state index contributed by atoms with van der Waals surface area (Å²) < 4.78 is 27.6.